The lowest BCUT2D eigenvalue weighted by molar-refractivity contribution is 0.258. The van der Waals surface area contributed by atoms with Crippen molar-refractivity contribution in [2.45, 2.75) is 25.3 Å². The van der Waals surface area contributed by atoms with Gasteiger partial charge in [-0.1, -0.05) is 28.1 Å². The van der Waals surface area contributed by atoms with Crippen LogP contribution < -0.4 is 5.14 Å². The largest absolute Gasteiger partial charge is 0.296 e. The second-order valence-electron chi connectivity index (χ2n) is 4.97. The first-order valence-corrected chi connectivity index (χ1v) is 8.96. The molecule has 1 atom stereocenters. The molecule has 19 heavy (non-hydrogen) atoms. The van der Waals surface area contributed by atoms with Gasteiger partial charge in [0.2, 0.25) is 10.0 Å². The van der Waals surface area contributed by atoms with Gasteiger partial charge in [-0.25, -0.2) is 13.6 Å². The topological polar surface area (TPSA) is 63.4 Å². The molecule has 0 amide bonds. The van der Waals surface area contributed by atoms with Crippen molar-refractivity contribution in [3.63, 3.8) is 0 Å². The van der Waals surface area contributed by atoms with Crippen LogP contribution in [0.4, 0.5) is 0 Å². The van der Waals surface area contributed by atoms with Crippen LogP contribution in [-0.4, -0.2) is 32.2 Å². The summed E-state index contributed by atoms with van der Waals surface area (Å²) in [6.07, 6.45) is 2.89. The predicted octanol–water partition coefficient (Wildman–Crippen LogP) is 2.26. The minimum absolute atomic E-state index is 0.0642. The molecule has 1 saturated heterocycles. The molecule has 0 aliphatic carbocycles. The minimum atomic E-state index is -3.34. The summed E-state index contributed by atoms with van der Waals surface area (Å²) in [7, 11) is -3.34. The molecule has 2 N–H and O–H groups in total. The Morgan fingerprint density at radius 2 is 2.21 bits per heavy atom. The van der Waals surface area contributed by atoms with Crippen LogP contribution in [0.1, 0.15) is 30.9 Å². The van der Waals surface area contributed by atoms with Crippen LogP contribution in [0, 0.1) is 0 Å². The Balaban J connectivity index is 1.97. The summed E-state index contributed by atoms with van der Waals surface area (Å²) in [4.78, 5) is 2.35. The SMILES string of the molecule is NS(=O)(=O)CCCN1CCC[C@H]1c1cccc(Br)c1. The van der Waals surface area contributed by atoms with Gasteiger partial charge < -0.3 is 0 Å². The van der Waals surface area contributed by atoms with Gasteiger partial charge in [0.1, 0.15) is 0 Å². The molecule has 0 bridgehead atoms. The highest BCUT2D eigenvalue weighted by Crippen LogP contribution is 2.32. The van der Waals surface area contributed by atoms with E-state index in [-0.39, 0.29) is 5.75 Å². The standard InChI is InChI=1S/C13H19BrN2O2S/c14-12-5-1-4-11(10-12)13-6-2-7-16(13)8-3-9-19(15,17)18/h1,4-5,10,13H,2-3,6-9H2,(H2,15,17,18)/t13-/m0/s1. The van der Waals surface area contributed by atoms with Crippen molar-refractivity contribution in [1.82, 2.24) is 4.90 Å². The second kappa shape index (κ2) is 6.35. The van der Waals surface area contributed by atoms with Gasteiger partial charge in [-0.15, -0.1) is 0 Å². The molecular weight excluding hydrogens is 328 g/mol. The molecule has 1 heterocycles. The number of nitrogens with zero attached hydrogens (tertiary/aromatic N) is 1. The highest BCUT2D eigenvalue weighted by Gasteiger charge is 2.25. The lowest BCUT2D eigenvalue weighted by Gasteiger charge is -2.24. The van der Waals surface area contributed by atoms with Gasteiger partial charge in [-0.05, 0) is 50.0 Å². The van der Waals surface area contributed by atoms with E-state index in [1.807, 2.05) is 12.1 Å². The van der Waals surface area contributed by atoms with Gasteiger partial charge in [0.25, 0.3) is 0 Å². The Morgan fingerprint density at radius 1 is 1.42 bits per heavy atom. The van der Waals surface area contributed by atoms with Crippen molar-refractivity contribution >= 4 is 26.0 Å². The number of nitrogens with two attached hydrogens (primary N) is 1. The Bertz CT molecular complexity index is 533. The van der Waals surface area contributed by atoms with E-state index < -0.39 is 10.0 Å². The molecule has 1 aromatic rings. The van der Waals surface area contributed by atoms with Crippen LogP contribution in [-0.2, 0) is 10.0 Å². The van der Waals surface area contributed by atoms with E-state index in [1.165, 1.54) is 5.56 Å². The normalized spacial score (nSPS) is 20.8. The lowest BCUT2D eigenvalue weighted by atomic mass is 10.0. The van der Waals surface area contributed by atoms with E-state index in [2.05, 4.69) is 33.0 Å². The van der Waals surface area contributed by atoms with Gasteiger partial charge >= 0.3 is 0 Å². The van der Waals surface area contributed by atoms with Gasteiger partial charge in [-0.2, -0.15) is 0 Å². The fraction of sp³-hybridized carbons (Fsp3) is 0.538. The van der Waals surface area contributed by atoms with Crippen LogP contribution in [0.5, 0.6) is 0 Å². The summed E-state index contributed by atoms with van der Waals surface area (Å²) in [5, 5.41) is 5.03. The Kier molecular flexibility index (Phi) is 5.00. The van der Waals surface area contributed by atoms with E-state index >= 15 is 0 Å². The highest BCUT2D eigenvalue weighted by atomic mass is 79.9. The van der Waals surface area contributed by atoms with Crippen molar-refractivity contribution < 1.29 is 8.42 Å². The van der Waals surface area contributed by atoms with E-state index in [9.17, 15) is 8.42 Å². The smallest absolute Gasteiger partial charge is 0.209 e. The number of hydrogen-bond donors (Lipinski definition) is 1. The zero-order valence-corrected chi connectivity index (χ0v) is 13.2. The number of likely N-dealkylation sites (tertiary alicyclic amines) is 1. The molecule has 4 nitrogen and oxygen atoms in total. The van der Waals surface area contributed by atoms with Crippen molar-refractivity contribution in [3.8, 4) is 0 Å². The van der Waals surface area contributed by atoms with Crippen LogP contribution in [0.25, 0.3) is 0 Å². The average Bonchev–Trinajstić information content (AvgIpc) is 2.75. The first-order chi connectivity index (χ1) is 8.96. The summed E-state index contributed by atoms with van der Waals surface area (Å²) in [5.74, 6) is 0.0642. The Labute approximate surface area is 123 Å². The molecule has 0 saturated carbocycles. The maximum Gasteiger partial charge on any atom is 0.209 e. The Morgan fingerprint density at radius 3 is 2.89 bits per heavy atom. The van der Waals surface area contributed by atoms with Gasteiger partial charge in [0.15, 0.2) is 0 Å². The summed E-state index contributed by atoms with van der Waals surface area (Å²) >= 11 is 3.49. The zero-order chi connectivity index (χ0) is 13.9. The van der Waals surface area contributed by atoms with Crippen LogP contribution in [0.2, 0.25) is 0 Å². The molecule has 1 aromatic carbocycles. The summed E-state index contributed by atoms with van der Waals surface area (Å²) in [5.41, 5.74) is 1.29. The molecule has 1 fully saturated rings. The van der Waals surface area contributed by atoms with E-state index in [0.717, 1.165) is 30.4 Å². The second-order valence-corrected chi connectivity index (χ2v) is 7.62. The molecule has 6 heteroatoms. The van der Waals surface area contributed by atoms with E-state index in [1.54, 1.807) is 0 Å². The van der Waals surface area contributed by atoms with Crippen molar-refractivity contribution in [3.05, 3.63) is 34.3 Å². The van der Waals surface area contributed by atoms with Crippen LogP contribution in [0.3, 0.4) is 0 Å². The van der Waals surface area contributed by atoms with E-state index in [0.29, 0.717) is 12.5 Å². The summed E-state index contributed by atoms with van der Waals surface area (Å²) in [6.45, 7) is 1.81. The number of hydrogen-bond acceptors (Lipinski definition) is 3. The number of sulfonamides is 1. The molecule has 106 valence electrons. The van der Waals surface area contributed by atoms with Crippen LogP contribution in [0.15, 0.2) is 28.7 Å². The first kappa shape index (κ1) is 15.0. The molecular formula is C13H19BrN2O2S. The molecule has 1 aliphatic rings. The summed E-state index contributed by atoms with van der Waals surface area (Å²) in [6, 6.07) is 8.73. The lowest BCUT2D eigenvalue weighted by Crippen LogP contribution is -2.27. The number of primary sulfonamides is 1. The van der Waals surface area contributed by atoms with Crippen molar-refractivity contribution in [1.29, 1.82) is 0 Å². The zero-order valence-electron chi connectivity index (χ0n) is 10.8. The van der Waals surface area contributed by atoms with Gasteiger partial charge in [0, 0.05) is 10.5 Å². The molecule has 1 aliphatic heterocycles. The third kappa shape index (κ3) is 4.56. The maximum absolute atomic E-state index is 11.0. The maximum atomic E-state index is 11.0. The molecule has 0 aromatic heterocycles. The average molecular weight is 347 g/mol. The number of halogens is 1. The molecule has 2 rings (SSSR count). The predicted molar refractivity (Wildman–Crippen MR) is 80.3 cm³/mol. The highest BCUT2D eigenvalue weighted by molar-refractivity contribution is 9.10. The quantitative estimate of drug-likeness (QED) is 0.889. The third-order valence-corrected chi connectivity index (χ3v) is 4.82. The molecule has 0 unspecified atom stereocenters. The number of benzene rings is 1. The molecule has 0 radical (unpaired) electrons. The fourth-order valence-electron chi connectivity index (χ4n) is 2.65. The summed E-state index contributed by atoms with van der Waals surface area (Å²) < 4.78 is 23.0. The van der Waals surface area contributed by atoms with Crippen molar-refractivity contribution in [2.75, 3.05) is 18.8 Å². The first-order valence-electron chi connectivity index (χ1n) is 6.46. The number of rotatable bonds is 5. The molecule has 0 spiro atoms. The van der Waals surface area contributed by atoms with Gasteiger partial charge in [-0.3, -0.25) is 4.90 Å². The third-order valence-electron chi connectivity index (χ3n) is 3.47. The van der Waals surface area contributed by atoms with E-state index in [4.69, 9.17) is 5.14 Å². The Hall–Kier alpha value is -0.430. The van der Waals surface area contributed by atoms with Crippen molar-refractivity contribution in [2.24, 2.45) is 5.14 Å². The minimum Gasteiger partial charge on any atom is -0.296 e. The monoisotopic (exact) mass is 346 g/mol. The fourth-order valence-corrected chi connectivity index (χ4v) is 3.60. The van der Waals surface area contributed by atoms with Crippen LogP contribution >= 0.6 is 15.9 Å². The van der Waals surface area contributed by atoms with Gasteiger partial charge in [0.05, 0.1) is 5.75 Å².